The summed E-state index contributed by atoms with van der Waals surface area (Å²) in [6, 6.07) is 12.2. The SMILES string of the molecule is CCCCCc1ccc2c(c1)C(=O)c1ccccc1C2(OO)OCC(=O)OCC. The van der Waals surface area contributed by atoms with E-state index in [1.165, 1.54) is 0 Å². The lowest BCUT2D eigenvalue weighted by Crippen LogP contribution is -2.41. The molecule has 1 aliphatic carbocycles. The fourth-order valence-corrected chi connectivity index (χ4v) is 3.70. The van der Waals surface area contributed by atoms with E-state index in [-0.39, 0.29) is 12.4 Å². The monoisotopic (exact) mass is 398 g/mol. The van der Waals surface area contributed by atoms with Gasteiger partial charge in [0.15, 0.2) is 5.78 Å². The van der Waals surface area contributed by atoms with Crippen LogP contribution in [-0.2, 0) is 31.4 Å². The third-order valence-electron chi connectivity index (χ3n) is 5.11. The second-order valence-corrected chi connectivity index (χ2v) is 7.01. The summed E-state index contributed by atoms with van der Waals surface area (Å²) in [6.07, 6.45) is 4.11. The maximum absolute atomic E-state index is 13.2. The maximum atomic E-state index is 13.2. The van der Waals surface area contributed by atoms with Crippen LogP contribution in [-0.4, -0.2) is 30.2 Å². The summed E-state index contributed by atoms with van der Waals surface area (Å²) in [7, 11) is 0. The molecule has 6 heteroatoms. The highest BCUT2D eigenvalue weighted by Crippen LogP contribution is 2.43. The van der Waals surface area contributed by atoms with E-state index >= 15 is 0 Å². The van der Waals surface area contributed by atoms with Crippen molar-refractivity contribution in [1.82, 2.24) is 0 Å². The van der Waals surface area contributed by atoms with E-state index in [0.717, 1.165) is 31.2 Å². The molecular formula is C23H26O6. The summed E-state index contributed by atoms with van der Waals surface area (Å²) < 4.78 is 10.7. The second kappa shape index (κ2) is 9.31. The Bertz CT molecular complexity index is 891. The van der Waals surface area contributed by atoms with Gasteiger partial charge in [-0.2, -0.15) is 4.89 Å². The predicted octanol–water partition coefficient (Wildman–Crippen LogP) is 4.23. The number of rotatable bonds is 9. The van der Waals surface area contributed by atoms with Crippen molar-refractivity contribution in [3.8, 4) is 0 Å². The molecule has 0 bridgehead atoms. The minimum absolute atomic E-state index is 0.166. The lowest BCUT2D eigenvalue weighted by Gasteiger charge is -2.36. The van der Waals surface area contributed by atoms with Crippen molar-refractivity contribution in [2.75, 3.05) is 13.2 Å². The molecule has 0 saturated heterocycles. The molecule has 1 unspecified atom stereocenters. The van der Waals surface area contributed by atoms with Crippen LogP contribution >= 0.6 is 0 Å². The summed E-state index contributed by atoms with van der Waals surface area (Å²) >= 11 is 0. The minimum atomic E-state index is -1.78. The Balaban J connectivity index is 2.05. The zero-order valence-electron chi connectivity index (χ0n) is 16.8. The molecule has 0 heterocycles. The smallest absolute Gasteiger partial charge is 0.332 e. The molecule has 0 spiro atoms. The first-order valence-corrected chi connectivity index (χ1v) is 9.97. The van der Waals surface area contributed by atoms with Gasteiger partial charge in [-0.05, 0) is 31.4 Å². The van der Waals surface area contributed by atoms with E-state index in [2.05, 4.69) is 6.92 Å². The lowest BCUT2D eigenvalue weighted by atomic mass is 9.79. The first-order valence-electron chi connectivity index (χ1n) is 9.97. The molecule has 3 rings (SSSR count). The third kappa shape index (κ3) is 4.10. The summed E-state index contributed by atoms with van der Waals surface area (Å²) in [5, 5.41) is 9.92. The summed E-state index contributed by atoms with van der Waals surface area (Å²) in [4.78, 5) is 29.9. The highest BCUT2D eigenvalue weighted by Gasteiger charge is 2.47. The van der Waals surface area contributed by atoms with Gasteiger partial charge >= 0.3 is 5.97 Å². The molecule has 1 atom stereocenters. The highest BCUT2D eigenvalue weighted by atomic mass is 17.1. The summed E-state index contributed by atoms with van der Waals surface area (Å²) in [5.74, 6) is -2.54. The number of esters is 1. The van der Waals surface area contributed by atoms with E-state index in [1.807, 2.05) is 12.1 Å². The fraction of sp³-hybridized carbons (Fsp3) is 0.391. The predicted molar refractivity (Wildman–Crippen MR) is 107 cm³/mol. The Hall–Kier alpha value is -2.54. The normalized spacial score (nSPS) is 17.6. The van der Waals surface area contributed by atoms with Crippen molar-refractivity contribution in [2.24, 2.45) is 0 Å². The third-order valence-corrected chi connectivity index (χ3v) is 5.11. The second-order valence-electron chi connectivity index (χ2n) is 7.01. The average molecular weight is 398 g/mol. The van der Waals surface area contributed by atoms with E-state index in [0.29, 0.717) is 22.3 Å². The zero-order chi connectivity index (χ0) is 20.9. The molecule has 0 amide bonds. The van der Waals surface area contributed by atoms with Crippen LogP contribution in [0.25, 0.3) is 0 Å². The lowest BCUT2D eigenvalue weighted by molar-refractivity contribution is -0.394. The number of unbranched alkanes of at least 4 members (excludes halogenated alkanes) is 2. The summed E-state index contributed by atoms with van der Waals surface area (Å²) in [5.41, 5.74) is 2.51. The van der Waals surface area contributed by atoms with Gasteiger partial charge in [0.25, 0.3) is 5.79 Å². The van der Waals surface area contributed by atoms with Crippen molar-refractivity contribution < 1.29 is 29.2 Å². The fourth-order valence-electron chi connectivity index (χ4n) is 3.70. The van der Waals surface area contributed by atoms with E-state index in [1.54, 1.807) is 37.3 Å². The van der Waals surface area contributed by atoms with Crippen LogP contribution in [0.2, 0.25) is 0 Å². The number of ketones is 1. The largest absolute Gasteiger partial charge is 0.464 e. The van der Waals surface area contributed by atoms with E-state index in [4.69, 9.17) is 14.4 Å². The quantitative estimate of drug-likeness (QED) is 0.224. The number of ether oxygens (including phenoxy) is 2. The van der Waals surface area contributed by atoms with Gasteiger partial charge in [0.1, 0.15) is 6.61 Å². The maximum Gasteiger partial charge on any atom is 0.332 e. The van der Waals surface area contributed by atoms with Crippen LogP contribution in [0.15, 0.2) is 42.5 Å². The van der Waals surface area contributed by atoms with Crippen molar-refractivity contribution >= 4 is 11.8 Å². The molecule has 2 aromatic rings. The Morgan fingerprint density at radius 1 is 1.03 bits per heavy atom. The number of carbonyl (C=O) groups is 2. The van der Waals surface area contributed by atoms with Gasteiger partial charge < -0.3 is 9.47 Å². The average Bonchev–Trinajstić information content (AvgIpc) is 2.75. The van der Waals surface area contributed by atoms with Gasteiger partial charge in [0.05, 0.1) is 6.61 Å². The molecule has 0 fully saturated rings. The van der Waals surface area contributed by atoms with E-state index in [9.17, 15) is 14.8 Å². The molecule has 1 N–H and O–H groups in total. The van der Waals surface area contributed by atoms with Gasteiger partial charge in [-0.25, -0.2) is 10.1 Å². The topological polar surface area (TPSA) is 82.1 Å². The number of hydrogen-bond donors (Lipinski definition) is 1. The molecule has 154 valence electrons. The molecule has 0 aliphatic heterocycles. The molecule has 2 aromatic carbocycles. The van der Waals surface area contributed by atoms with Gasteiger partial charge in [-0.3, -0.25) is 4.79 Å². The van der Waals surface area contributed by atoms with Crippen LogP contribution < -0.4 is 0 Å². The van der Waals surface area contributed by atoms with Crippen molar-refractivity contribution in [3.63, 3.8) is 0 Å². The van der Waals surface area contributed by atoms with E-state index < -0.39 is 18.4 Å². The molecule has 0 aromatic heterocycles. The van der Waals surface area contributed by atoms with Gasteiger partial charge in [0, 0.05) is 22.3 Å². The van der Waals surface area contributed by atoms with Crippen LogP contribution in [0.1, 0.15) is 65.7 Å². The molecule has 6 nitrogen and oxygen atoms in total. The molecule has 0 radical (unpaired) electrons. The number of aryl methyl sites for hydroxylation is 1. The van der Waals surface area contributed by atoms with Crippen LogP contribution in [0, 0.1) is 0 Å². The number of carbonyl (C=O) groups excluding carboxylic acids is 2. The standard InChI is InChI=1S/C23H26O6/c1-3-5-6-9-16-12-13-20-18(14-16)22(25)17-10-7-8-11-19(17)23(20,29-26)28-15-21(24)27-4-2/h7-8,10-14,26H,3-6,9,15H2,1-2H3. The Morgan fingerprint density at radius 2 is 1.79 bits per heavy atom. The molecule has 29 heavy (non-hydrogen) atoms. The van der Waals surface area contributed by atoms with Crippen molar-refractivity contribution in [3.05, 3.63) is 70.3 Å². The highest BCUT2D eigenvalue weighted by molar-refractivity contribution is 6.13. The van der Waals surface area contributed by atoms with Crippen molar-refractivity contribution in [2.45, 2.75) is 45.3 Å². The number of hydrogen-bond acceptors (Lipinski definition) is 6. The first kappa shape index (κ1) is 21.2. The molecule has 1 aliphatic rings. The molecular weight excluding hydrogens is 372 g/mol. The first-order chi connectivity index (χ1) is 14.1. The Labute approximate surface area is 170 Å². The number of benzene rings is 2. The number of fused-ring (bicyclic) bond motifs is 2. The molecule has 0 saturated carbocycles. The van der Waals surface area contributed by atoms with Crippen molar-refractivity contribution in [1.29, 1.82) is 0 Å². The van der Waals surface area contributed by atoms with Crippen LogP contribution in [0.4, 0.5) is 0 Å². The Kier molecular flexibility index (Phi) is 6.79. The van der Waals surface area contributed by atoms with Crippen LogP contribution in [0.3, 0.4) is 0 Å². The minimum Gasteiger partial charge on any atom is -0.464 e. The summed E-state index contributed by atoms with van der Waals surface area (Å²) in [6.45, 7) is 3.61. The van der Waals surface area contributed by atoms with Crippen LogP contribution in [0.5, 0.6) is 0 Å². The van der Waals surface area contributed by atoms with Gasteiger partial charge in [0.2, 0.25) is 0 Å². The zero-order valence-corrected chi connectivity index (χ0v) is 16.8. The van der Waals surface area contributed by atoms with Gasteiger partial charge in [-0.1, -0.05) is 56.2 Å². The van der Waals surface area contributed by atoms with Gasteiger partial charge in [-0.15, -0.1) is 0 Å². The Morgan fingerprint density at radius 3 is 2.52 bits per heavy atom.